The third-order valence-corrected chi connectivity index (χ3v) is 7.54. The van der Waals surface area contributed by atoms with Crippen molar-refractivity contribution < 1.29 is 37.6 Å². The number of para-hydroxylation sites is 2. The van der Waals surface area contributed by atoms with E-state index in [1.54, 1.807) is 42.5 Å². The van der Waals surface area contributed by atoms with E-state index in [0.29, 0.717) is 22.8 Å². The van der Waals surface area contributed by atoms with Gasteiger partial charge in [0.05, 0.1) is 17.0 Å². The molecule has 0 amide bonds. The number of aliphatic hydroxyl groups is 1. The van der Waals surface area contributed by atoms with Crippen LogP contribution in [0.1, 0.15) is 17.9 Å². The molecule has 1 fully saturated rings. The highest BCUT2D eigenvalue weighted by molar-refractivity contribution is 7.89. The zero-order chi connectivity index (χ0) is 24.6. The molecule has 0 spiro atoms. The number of nitrogens with one attached hydrogen (secondary N) is 1. The Morgan fingerprint density at radius 1 is 1.00 bits per heavy atom. The molecule has 4 unspecified atom stereocenters. The summed E-state index contributed by atoms with van der Waals surface area (Å²) in [5, 5.41) is 19.6. The van der Waals surface area contributed by atoms with Crippen LogP contribution in [0, 0.1) is 0 Å². The number of sulfonamides is 1. The van der Waals surface area contributed by atoms with Crippen molar-refractivity contribution in [3.8, 4) is 23.0 Å². The van der Waals surface area contributed by atoms with Crippen LogP contribution in [0.5, 0.6) is 23.0 Å². The van der Waals surface area contributed by atoms with Crippen molar-refractivity contribution >= 4 is 16.0 Å². The van der Waals surface area contributed by atoms with Gasteiger partial charge in [-0.2, -0.15) is 0 Å². The number of carbonyl (C=O) groups is 1. The molecule has 0 bridgehead atoms. The molecule has 182 valence electrons. The summed E-state index contributed by atoms with van der Waals surface area (Å²) < 4.78 is 45.9. The van der Waals surface area contributed by atoms with E-state index in [0.717, 1.165) is 0 Å². The van der Waals surface area contributed by atoms with Gasteiger partial charge in [0.15, 0.2) is 18.1 Å². The van der Waals surface area contributed by atoms with E-state index in [-0.39, 0.29) is 17.1 Å². The summed E-state index contributed by atoms with van der Waals surface area (Å²) in [5.41, 5.74) is 0.661. The predicted molar refractivity (Wildman–Crippen MR) is 124 cm³/mol. The van der Waals surface area contributed by atoms with Gasteiger partial charge < -0.3 is 24.4 Å². The number of benzene rings is 3. The molecule has 3 aromatic rings. The van der Waals surface area contributed by atoms with E-state index < -0.39 is 46.8 Å². The van der Waals surface area contributed by atoms with Crippen molar-refractivity contribution in [3.63, 3.8) is 0 Å². The fraction of sp³-hybridized carbons (Fsp3) is 0.240. The molecule has 1 aliphatic heterocycles. The lowest BCUT2D eigenvalue weighted by Gasteiger charge is -2.22. The maximum atomic E-state index is 13.2. The summed E-state index contributed by atoms with van der Waals surface area (Å²) in [7, 11) is -3.97. The van der Waals surface area contributed by atoms with Crippen molar-refractivity contribution in [1.82, 2.24) is 4.72 Å². The third kappa shape index (κ3) is 4.68. The van der Waals surface area contributed by atoms with E-state index in [4.69, 9.17) is 19.3 Å². The highest BCUT2D eigenvalue weighted by Crippen LogP contribution is 2.51. The lowest BCUT2D eigenvalue weighted by Crippen LogP contribution is -2.43. The molecular weight excluding hydrogens is 474 g/mol. The van der Waals surface area contributed by atoms with E-state index >= 15 is 0 Å². The van der Waals surface area contributed by atoms with Gasteiger partial charge in [-0.05, 0) is 42.5 Å². The van der Waals surface area contributed by atoms with Crippen LogP contribution in [0.3, 0.4) is 0 Å². The monoisotopic (exact) mass is 497 g/mol. The van der Waals surface area contributed by atoms with Crippen LogP contribution in [0.2, 0.25) is 0 Å². The minimum absolute atomic E-state index is 0.0336. The first kappa shape index (κ1) is 23.2. The maximum absolute atomic E-state index is 13.2. The maximum Gasteiger partial charge on any atom is 0.341 e. The Labute approximate surface area is 201 Å². The van der Waals surface area contributed by atoms with Gasteiger partial charge in [-0.15, -0.1) is 0 Å². The van der Waals surface area contributed by atoms with E-state index in [2.05, 4.69) is 4.72 Å². The largest absolute Gasteiger partial charge is 0.485 e. The highest BCUT2D eigenvalue weighted by atomic mass is 32.2. The van der Waals surface area contributed by atoms with Crippen LogP contribution in [0.4, 0.5) is 0 Å². The van der Waals surface area contributed by atoms with Crippen LogP contribution in [-0.4, -0.2) is 49.5 Å². The molecule has 9 nitrogen and oxygen atoms in total. The molecule has 10 heteroatoms. The Kier molecular flexibility index (Phi) is 6.10. The first-order chi connectivity index (χ1) is 16.8. The zero-order valence-electron chi connectivity index (χ0n) is 18.4. The lowest BCUT2D eigenvalue weighted by atomic mass is 9.94. The second-order valence-corrected chi connectivity index (χ2v) is 10.1. The summed E-state index contributed by atoms with van der Waals surface area (Å²) in [6.45, 7) is -0.530. The topological polar surface area (TPSA) is 131 Å². The quantitative estimate of drug-likeness (QED) is 0.433. The first-order valence-corrected chi connectivity index (χ1v) is 12.5. The van der Waals surface area contributed by atoms with Crippen LogP contribution in [-0.2, 0) is 14.8 Å². The van der Waals surface area contributed by atoms with Crippen LogP contribution >= 0.6 is 0 Å². The van der Waals surface area contributed by atoms with E-state index in [9.17, 15) is 18.3 Å². The molecule has 1 aliphatic carbocycles. The van der Waals surface area contributed by atoms with E-state index in [1.807, 2.05) is 18.2 Å². The van der Waals surface area contributed by atoms with Crippen molar-refractivity contribution in [2.45, 2.75) is 35.5 Å². The van der Waals surface area contributed by atoms with Crippen LogP contribution in [0.15, 0.2) is 77.7 Å². The Morgan fingerprint density at radius 2 is 1.71 bits per heavy atom. The molecule has 35 heavy (non-hydrogen) atoms. The molecule has 0 aromatic heterocycles. The fourth-order valence-corrected chi connectivity index (χ4v) is 5.85. The number of carboxylic acids is 1. The number of carboxylic acid groups (broad SMARTS) is 1. The molecule has 3 aromatic carbocycles. The Morgan fingerprint density at radius 3 is 2.43 bits per heavy atom. The normalized spacial score (nSPS) is 22.7. The minimum atomic E-state index is -3.97. The van der Waals surface area contributed by atoms with Gasteiger partial charge in [-0.25, -0.2) is 17.9 Å². The fourth-order valence-electron chi connectivity index (χ4n) is 4.55. The second kappa shape index (κ2) is 9.21. The lowest BCUT2D eigenvalue weighted by molar-refractivity contribution is -0.139. The molecule has 4 atom stereocenters. The predicted octanol–water partition coefficient (Wildman–Crippen LogP) is 2.90. The number of hydrogen-bond acceptors (Lipinski definition) is 7. The Balaban J connectivity index is 1.35. The van der Waals surface area contributed by atoms with Gasteiger partial charge in [-0.1, -0.05) is 30.3 Å². The van der Waals surface area contributed by atoms with Gasteiger partial charge in [0.25, 0.3) is 0 Å². The molecule has 0 radical (unpaired) electrons. The molecule has 1 saturated carbocycles. The highest BCUT2D eigenvalue weighted by Gasteiger charge is 2.51. The third-order valence-electron chi connectivity index (χ3n) is 6.07. The Hall–Kier alpha value is -3.60. The number of rotatable bonds is 8. The average Bonchev–Trinajstić information content (AvgIpc) is 3.34. The van der Waals surface area contributed by atoms with Gasteiger partial charge in [0.1, 0.15) is 17.6 Å². The summed E-state index contributed by atoms with van der Waals surface area (Å²) in [5.74, 6) is 0.189. The van der Waals surface area contributed by atoms with Crippen LogP contribution < -0.4 is 18.9 Å². The minimum Gasteiger partial charge on any atom is -0.485 e. The number of ether oxygens (including phenoxy) is 3. The molecule has 5 rings (SSSR count). The smallest absolute Gasteiger partial charge is 0.341 e. The van der Waals surface area contributed by atoms with Gasteiger partial charge in [0.2, 0.25) is 10.0 Å². The molecular formula is C25H23NO8S. The average molecular weight is 498 g/mol. The molecule has 0 saturated heterocycles. The summed E-state index contributed by atoms with van der Waals surface area (Å²) in [6.07, 6.45) is -1.21. The number of aliphatic hydroxyl groups excluding tert-OH is 1. The summed E-state index contributed by atoms with van der Waals surface area (Å²) >= 11 is 0. The SMILES string of the molecule is O=C(O)COc1cccc2c1OC1CC(O)C(NS(=O)(=O)c3ccc(Oc4ccccc4)cc3)C21. The molecule has 2 aliphatic rings. The Bertz CT molecular complexity index is 1330. The van der Waals surface area contributed by atoms with E-state index in [1.165, 1.54) is 12.1 Å². The molecule has 1 heterocycles. The van der Waals surface area contributed by atoms with Crippen LogP contribution in [0.25, 0.3) is 0 Å². The van der Waals surface area contributed by atoms with Gasteiger partial charge in [0, 0.05) is 17.9 Å². The van der Waals surface area contributed by atoms with Gasteiger partial charge in [-0.3, -0.25) is 0 Å². The zero-order valence-corrected chi connectivity index (χ0v) is 19.2. The number of aliphatic carboxylic acids is 1. The summed E-state index contributed by atoms with van der Waals surface area (Å²) in [4.78, 5) is 10.9. The number of hydrogen-bond donors (Lipinski definition) is 3. The number of fused-ring (bicyclic) bond motifs is 3. The van der Waals surface area contributed by atoms with Crippen molar-refractivity contribution in [2.24, 2.45) is 0 Å². The first-order valence-electron chi connectivity index (χ1n) is 11.0. The van der Waals surface area contributed by atoms with Crippen molar-refractivity contribution in [1.29, 1.82) is 0 Å². The second-order valence-electron chi connectivity index (χ2n) is 8.38. The standard InChI is InChI=1S/C25H23NO8S/c27-19-13-21-23(18-7-4-8-20(25(18)34-21)32-14-22(28)29)24(19)26-35(30,31)17-11-9-16(10-12-17)33-15-5-2-1-3-6-15/h1-12,19,21,23-24,26-27H,13-14H2,(H,28,29). The van der Waals surface area contributed by atoms with Gasteiger partial charge >= 0.3 is 5.97 Å². The molecule has 3 N–H and O–H groups in total. The van der Waals surface area contributed by atoms with Crippen molar-refractivity contribution in [3.05, 3.63) is 78.4 Å². The van der Waals surface area contributed by atoms with Crippen molar-refractivity contribution in [2.75, 3.05) is 6.61 Å². The summed E-state index contributed by atoms with van der Waals surface area (Å²) in [6, 6.07) is 19.4.